The highest BCUT2D eigenvalue weighted by Gasteiger charge is 2.28. The summed E-state index contributed by atoms with van der Waals surface area (Å²) in [5, 5.41) is 0.417. The number of nitrogens with one attached hydrogen (secondary N) is 1. The number of fused-ring (bicyclic) bond motifs is 1. The number of aromatic amines is 1. The minimum Gasteiger partial charge on any atom is -0.448 e. The Morgan fingerprint density at radius 1 is 1.35 bits per heavy atom. The van der Waals surface area contributed by atoms with Gasteiger partial charge >= 0.3 is 5.97 Å². The van der Waals surface area contributed by atoms with E-state index in [2.05, 4.69) is 4.98 Å². The van der Waals surface area contributed by atoms with Gasteiger partial charge in [-0.15, -0.1) is 0 Å². The van der Waals surface area contributed by atoms with E-state index >= 15 is 0 Å². The molecule has 1 aliphatic rings. The third-order valence-electron chi connectivity index (χ3n) is 3.88. The Balaban J connectivity index is 1.72. The summed E-state index contributed by atoms with van der Waals surface area (Å²) in [5.74, 6) is -0.814. The number of benzene rings is 1. The first kappa shape index (κ1) is 15.6. The van der Waals surface area contributed by atoms with Crippen molar-refractivity contribution < 1.29 is 14.3 Å². The van der Waals surface area contributed by atoms with Gasteiger partial charge in [-0.1, -0.05) is 29.8 Å². The van der Waals surface area contributed by atoms with Gasteiger partial charge in [0.2, 0.25) is 0 Å². The summed E-state index contributed by atoms with van der Waals surface area (Å²) in [7, 11) is 0. The predicted molar refractivity (Wildman–Crippen MR) is 87.8 cm³/mol. The van der Waals surface area contributed by atoms with E-state index in [1.807, 2.05) is 24.3 Å². The molecule has 5 nitrogen and oxygen atoms in total. The molecule has 0 aliphatic carbocycles. The van der Waals surface area contributed by atoms with Gasteiger partial charge in [-0.25, -0.2) is 4.79 Å². The van der Waals surface area contributed by atoms with Crippen LogP contribution in [0.15, 0.2) is 36.5 Å². The second-order valence-electron chi connectivity index (χ2n) is 5.50. The standard InChI is InChI=1S/C17H17ClN2O3/c1-11(23-17(22)14-9-13(18)10-19-14)16(21)20-8-4-6-12-5-2-3-7-15(12)20/h2-3,5,7,9-11,19H,4,6,8H2,1H3. The molecule has 1 aromatic heterocycles. The van der Waals surface area contributed by atoms with Gasteiger partial charge in [0.15, 0.2) is 6.10 Å². The highest BCUT2D eigenvalue weighted by Crippen LogP contribution is 2.27. The van der Waals surface area contributed by atoms with E-state index in [1.165, 1.54) is 12.3 Å². The molecule has 1 atom stereocenters. The van der Waals surface area contributed by atoms with E-state index in [0.29, 0.717) is 11.6 Å². The van der Waals surface area contributed by atoms with Gasteiger partial charge in [-0.2, -0.15) is 0 Å². The molecule has 23 heavy (non-hydrogen) atoms. The number of hydrogen-bond donors (Lipinski definition) is 1. The third-order valence-corrected chi connectivity index (χ3v) is 4.09. The minimum absolute atomic E-state index is 0.219. The number of rotatable bonds is 3. The molecule has 1 aromatic carbocycles. The van der Waals surface area contributed by atoms with Gasteiger partial charge in [0.05, 0.1) is 5.02 Å². The highest BCUT2D eigenvalue weighted by atomic mass is 35.5. The maximum atomic E-state index is 12.6. The Bertz CT molecular complexity index is 741. The van der Waals surface area contributed by atoms with Crippen LogP contribution in [0.5, 0.6) is 0 Å². The van der Waals surface area contributed by atoms with Gasteiger partial charge in [0.25, 0.3) is 5.91 Å². The molecule has 1 unspecified atom stereocenters. The Morgan fingerprint density at radius 3 is 2.87 bits per heavy atom. The van der Waals surface area contributed by atoms with Crippen molar-refractivity contribution in [2.24, 2.45) is 0 Å². The highest BCUT2D eigenvalue weighted by molar-refractivity contribution is 6.30. The number of aryl methyl sites for hydroxylation is 1. The lowest BCUT2D eigenvalue weighted by Crippen LogP contribution is -2.42. The van der Waals surface area contributed by atoms with Crippen LogP contribution in [0.2, 0.25) is 5.02 Å². The normalized spacial score (nSPS) is 15.0. The first-order valence-electron chi connectivity index (χ1n) is 7.50. The number of nitrogens with zero attached hydrogens (tertiary/aromatic N) is 1. The molecule has 2 aromatic rings. The Labute approximate surface area is 139 Å². The zero-order valence-electron chi connectivity index (χ0n) is 12.7. The van der Waals surface area contributed by atoms with Crippen LogP contribution in [-0.2, 0) is 16.0 Å². The summed E-state index contributed by atoms with van der Waals surface area (Å²) in [6.45, 7) is 2.22. The molecule has 2 heterocycles. The first-order valence-corrected chi connectivity index (χ1v) is 7.88. The van der Waals surface area contributed by atoms with Gasteiger partial charge in [-0.05, 0) is 37.5 Å². The Hall–Kier alpha value is -2.27. The maximum Gasteiger partial charge on any atom is 0.355 e. The quantitative estimate of drug-likeness (QED) is 0.878. The van der Waals surface area contributed by atoms with Crippen LogP contribution in [0, 0.1) is 0 Å². The average molecular weight is 333 g/mol. The van der Waals surface area contributed by atoms with E-state index in [9.17, 15) is 9.59 Å². The number of amides is 1. The minimum atomic E-state index is -0.865. The van der Waals surface area contributed by atoms with Crippen molar-refractivity contribution in [1.29, 1.82) is 0 Å². The summed E-state index contributed by atoms with van der Waals surface area (Å²) in [4.78, 5) is 29.1. The zero-order chi connectivity index (χ0) is 16.4. The number of anilines is 1. The van der Waals surface area contributed by atoms with E-state index < -0.39 is 12.1 Å². The second-order valence-corrected chi connectivity index (χ2v) is 5.94. The molecule has 0 saturated heterocycles. The maximum absolute atomic E-state index is 12.6. The van der Waals surface area contributed by atoms with Crippen LogP contribution >= 0.6 is 11.6 Å². The molecule has 0 fully saturated rings. The number of esters is 1. The van der Waals surface area contributed by atoms with Crippen molar-refractivity contribution in [2.45, 2.75) is 25.9 Å². The molecular weight excluding hydrogens is 316 g/mol. The average Bonchev–Trinajstić information content (AvgIpc) is 3.00. The van der Waals surface area contributed by atoms with Crippen LogP contribution in [0.3, 0.4) is 0 Å². The predicted octanol–water partition coefficient (Wildman–Crippen LogP) is 3.19. The number of halogens is 1. The van der Waals surface area contributed by atoms with Gasteiger partial charge in [0, 0.05) is 18.4 Å². The van der Waals surface area contributed by atoms with Crippen molar-refractivity contribution >= 4 is 29.2 Å². The summed E-state index contributed by atoms with van der Waals surface area (Å²) >= 11 is 5.77. The van der Waals surface area contributed by atoms with Crippen LogP contribution in [-0.4, -0.2) is 29.5 Å². The monoisotopic (exact) mass is 332 g/mol. The van der Waals surface area contributed by atoms with Crippen LogP contribution in [0.4, 0.5) is 5.69 Å². The first-order chi connectivity index (χ1) is 11.1. The molecular formula is C17H17ClN2O3. The van der Waals surface area contributed by atoms with E-state index in [1.54, 1.807) is 11.8 Å². The molecule has 1 N–H and O–H groups in total. The van der Waals surface area contributed by atoms with Crippen LogP contribution in [0.1, 0.15) is 29.4 Å². The van der Waals surface area contributed by atoms with Crippen molar-refractivity contribution in [3.05, 3.63) is 52.8 Å². The lowest BCUT2D eigenvalue weighted by Gasteiger charge is -2.31. The number of carbonyl (C=O) groups excluding carboxylic acids is 2. The van der Waals surface area contributed by atoms with Crippen LogP contribution in [0.25, 0.3) is 0 Å². The van der Waals surface area contributed by atoms with Crippen molar-refractivity contribution in [3.63, 3.8) is 0 Å². The van der Waals surface area contributed by atoms with Gasteiger partial charge in [-0.3, -0.25) is 4.79 Å². The Morgan fingerprint density at radius 2 is 2.13 bits per heavy atom. The molecule has 1 amide bonds. The van der Waals surface area contributed by atoms with E-state index in [4.69, 9.17) is 16.3 Å². The number of para-hydroxylation sites is 1. The molecule has 6 heteroatoms. The largest absolute Gasteiger partial charge is 0.448 e. The third kappa shape index (κ3) is 3.24. The van der Waals surface area contributed by atoms with Gasteiger partial charge < -0.3 is 14.6 Å². The number of hydrogen-bond acceptors (Lipinski definition) is 3. The summed E-state index contributed by atoms with van der Waals surface area (Å²) < 4.78 is 5.26. The number of H-pyrrole nitrogens is 1. The van der Waals surface area contributed by atoms with Crippen molar-refractivity contribution in [1.82, 2.24) is 4.98 Å². The van der Waals surface area contributed by atoms with Crippen molar-refractivity contribution in [2.75, 3.05) is 11.4 Å². The fraction of sp³-hybridized carbons (Fsp3) is 0.294. The van der Waals surface area contributed by atoms with E-state index in [0.717, 1.165) is 24.1 Å². The number of carbonyl (C=O) groups is 2. The van der Waals surface area contributed by atoms with Gasteiger partial charge in [0.1, 0.15) is 5.69 Å². The molecule has 120 valence electrons. The zero-order valence-corrected chi connectivity index (χ0v) is 13.5. The lowest BCUT2D eigenvalue weighted by atomic mass is 10.0. The van der Waals surface area contributed by atoms with E-state index in [-0.39, 0.29) is 11.6 Å². The fourth-order valence-electron chi connectivity index (χ4n) is 2.74. The molecule has 0 saturated carbocycles. The number of ether oxygens (including phenoxy) is 1. The summed E-state index contributed by atoms with van der Waals surface area (Å²) in [5.41, 5.74) is 2.27. The lowest BCUT2D eigenvalue weighted by molar-refractivity contribution is -0.126. The number of aromatic nitrogens is 1. The molecule has 0 spiro atoms. The molecule has 0 bridgehead atoms. The molecule has 0 radical (unpaired) electrons. The van der Waals surface area contributed by atoms with Crippen LogP contribution < -0.4 is 4.90 Å². The topological polar surface area (TPSA) is 62.4 Å². The fourth-order valence-corrected chi connectivity index (χ4v) is 2.91. The smallest absolute Gasteiger partial charge is 0.355 e. The molecule has 1 aliphatic heterocycles. The Kier molecular flexibility index (Phi) is 4.39. The van der Waals surface area contributed by atoms with Crippen molar-refractivity contribution in [3.8, 4) is 0 Å². The summed E-state index contributed by atoms with van der Waals surface area (Å²) in [6, 6.07) is 9.28. The summed E-state index contributed by atoms with van der Waals surface area (Å²) in [6.07, 6.45) is 2.48. The molecule has 3 rings (SSSR count). The second kappa shape index (κ2) is 6.46. The SMILES string of the molecule is CC(OC(=O)c1cc(Cl)c[nH]1)C(=O)N1CCCc2ccccc21.